The van der Waals surface area contributed by atoms with Crippen LogP contribution in [0.4, 0.5) is 20.7 Å². The molecule has 142 valence electrons. The van der Waals surface area contributed by atoms with Gasteiger partial charge in [-0.15, -0.1) is 0 Å². The average Bonchev–Trinajstić information content (AvgIpc) is 2.97. The number of nitrogens with zero attached hydrogens (tertiary/aromatic N) is 3. The monoisotopic (exact) mass is 370 g/mol. The molecule has 0 atom stereocenters. The molecule has 0 bridgehead atoms. The van der Waals surface area contributed by atoms with Crippen LogP contribution in [0, 0.1) is 11.7 Å². The van der Waals surface area contributed by atoms with Crippen LogP contribution in [0.3, 0.4) is 0 Å². The highest BCUT2D eigenvalue weighted by Gasteiger charge is 2.30. The highest BCUT2D eigenvalue weighted by Crippen LogP contribution is 2.21. The number of nitrogens with one attached hydrogen (secondary N) is 1. The van der Waals surface area contributed by atoms with Crippen LogP contribution in [0.2, 0.25) is 0 Å². The van der Waals surface area contributed by atoms with Crippen molar-refractivity contribution < 1.29 is 14.0 Å². The van der Waals surface area contributed by atoms with Gasteiger partial charge in [0, 0.05) is 26.1 Å². The lowest BCUT2D eigenvalue weighted by Crippen LogP contribution is -2.31. The van der Waals surface area contributed by atoms with E-state index in [-0.39, 0.29) is 23.7 Å². The van der Waals surface area contributed by atoms with Gasteiger partial charge in [0.25, 0.3) is 0 Å². The third-order valence-electron chi connectivity index (χ3n) is 4.28. The maximum atomic E-state index is 13.0. The topological polar surface area (TPSA) is 65.5 Å². The van der Waals surface area contributed by atoms with Gasteiger partial charge in [-0.3, -0.25) is 9.69 Å². The Morgan fingerprint density at radius 3 is 2.56 bits per heavy atom. The first-order valence-electron chi connectivity index (χ1n) is 8.99. The Kier molecular flexibility index (Phi) is 5.69. The minimum absolute atomic E-state index is 0.0535. The maximum Gasteiger partial charge on any atom is 0.326 e. The van der Waals surface area contributed by atoms with Crippen LogP contribution in [0.25, 0.3) is 0 Å². The zero-order chi connectivity index (χ0) is 19.4. The number of pyridine rings is 1. The number of hydrogen-bond donors (Lipinski definition) is 1. The number of urea groups is 1. The largest absolute Gasteiger partial charge is 0.326 e. The number of aromatic nitrogens is 1. The summed E-state index contributed by atoms with van der Waals surface area (Å²) < 4.78 is 13.0. The SMILES string of the molecule is CC(C)CC(=O)Nc1ccc(N2CCN(Cc3ccc(F)cc3)C2=O)nc1. The summed E-state index contributed by atoms with van der Waals surface area (Å²) in [5.41, 5.74) is 1.49. The molecule has 1 fully saturated rings. The Bertz CT molecular complexity index is 806. The normalized spacial score (nSPS) is 14.1. The van der Waals surface area contributed by atoms with E-state index >= 15 is 0 Å². The van der Waals surface area contributed by atoms with Gasteiger partial charge in [0.2, 0.25) is 5.91 Å². The molecule has 1 saturated heterocycles. The molecule has 0 saturated carbocycles. The van der Waals surface area contributed by atoms with Crippen molar-refractivity contribution in [3.05, 3.63) is 54.0 Å². The molecule has 0 radical (unpaired) electrons. The third-order valence-corrected chi connectivity index (χ3v) is 4.28. The second-order valence-corrected chi connectivity index (χ2v) is 7.03. The zero-order valence-corrected chi connectivity index (χ0v) is 15.5. The Morgan fingerprint density at radius 2 is 1.93 bits per heavy atom. The second-order valence-electron chi connectivity index (χ2n) is 7.03. The maximum absolute atomic E-state index is 13.0. The zero-order valence-electron chi connectivity index (χ0n) is 15.5. The van der Waals surface area contributed by atoms with Crippen LogP contribution in [-0.2, 0) is 11.3 Å². The highest BCUT2D eigenvalue weighted by atomic mass is 19.1. The summed E-state index contributed by atoms with van der Waals surface area (Å²) in [6, 6.07) is 9.48. The van der Waals surface area contributed by atoms with Crippen molar-refractivity contribution >= 4 is 23.4 Å². The van der Waals surface area contributed by atoms with E-state index < -0.39 is 0 Å². The summed E-state index contributed by atoms with van der Waals surface area (Å²) in [7, 11) is 0. The van der Waals surface area contributed by atoms with Crippen molar-refractivity contribution in [1.29, 1.82) is 0 Å². The minimum Gasteiger partial charge on any atom is -0.325 e. The molecule has 6 nitrogen and oxygen atoms in total. The fourth-order valence-corrected chi connectivity index (χ4v) is 2.95. The second kappa shape index (κ2) is 8.16. The summed E-state index contributed by atoms with van der Waals surface area (Å²) in [5, 5.41) is 2.80. The quantitative estimate of drug-likeness (QED) is 0.844. The lowest BCUT2D eigenvalue weighted by molar-refractivity contribution is -0.116. The predicted molar refractivity (Wildman–Crippen MR) is 102 cm³/mol. The molecule has 0 aliphatic carbocycles. The van der Waals surface area contributed by atoms with Gasteiger partial charge in [0.1, 0.15) is 11.6 Å². The lowest BCUT2D eigenvalue weighted by Gasteiger charge is -2.18. The van der Waals surface area contributed by atoms with Gasteiger partial charge in [0.05, 0.1) is 11.9 Å². The van der Waals surface area contributed by atoms with Crippen LogP contribution in [0.15, 0.2) is 42.6 Å². The van der Waals surface area contributed by atoms with Gasteiger partial charge < -0.3 is 10.2 Å². The molecule has 0 spiro atoms. The molecule has 2 heterocycles. The number of benzene rings is 1. The lowest BCUT2D eigenvalue weighted by atomic mass is 10.1. The summed E-state index contributed by atoms with van der Waals surface area (Å²) in [6.45, 7) is 5.50. The number of halogens is 1. The molecule has 2 aromatic rings. The first-order chi connectivity index (χ1) is 12.9. The van der Waals surface area contributed by atoms with E-state index in [0.717, 1.165) is 5.56 Å². The van der Waals surface area contributed by atoms with Crippen molar-refractivity contribution in [2.24, 2.45) is 5.92 Å². The van der Waals surface area contributed by atoms with E-state index in [1.165, 1.54) is 12.1 Å². The number of anilines is 2. The van der Waals surface area contributed by atoms with Gasteiger partial charge in [-0.25, -0.2) is 14.2 Å². The van der Waals surface area contributed by atoms with Crippen molar-refractivity contribution in [3.8, 4) is 0 Å². The molecule has 1 aromatic carbocycles. The molecule has 1 aliphatic rings. The smallest absolute Gasteiger partial charge is 0.325 e. The first kappa shape index (κ1) is 18.8. The van der Waals surface area contributed by atoms with E-state index in [9.17, 15) is 14.0 Å². The Hall–Kier alpha value is -2.96. The van der Waals surface area contributed by atoms with Gasteiger partial charge >= 0.3 is 6.03 Å². The van der Waals surface area contributed by atoms with Crippen molar-refractivity contribution in [1.82, 2.24) is 9.88 Å². The van der Waals surface area contributed by atoms with Gasteiger partial charge in [-0.1, -0.05) is 26.0 Å². The van der Waals surface area contributed by atoms with E-state index in [2.05, 4.69) is 10.3 Å². The number of rotatable bonds is 6. The van der Waals surface area contributed by atoms with Crippen molar-refractivity contribution in [2.45, 2.75) is 26.8 Å². The molecular formula is C20H23FN4O2. The standard InChI is InChI=1S/C20H23FN4O2/c1-14(2)11-19(26)23-17-7-8-18(22-12-17)25-10-9-24(20(25)27)13-15-3-5-16(21)6-4-15/h3-8,12,14H,9-11,13H2,1-2H3,(H,23,26). The fourth-order valence-electron chi connectivity index (χ4n) is 2.95. The van der Waals surface area contributed by atoms with E-state index in [0.29, 0.717) is 37.6 Å². The Balaban J connectivity index is 1.61. The summed E-state index contributed by atoms with van der Waals surface area (Å²) >= 11 is 0. The molecule has 1 aromatic heterocycles. The van der Waals surface area contributed by atoms with Crippen LogP contribution < -0.4 is 10.2 Å². The predicted octanol–water partition coefficient (Wildman–Crippen LogP) is 3.65. The third kappa shape index (κ3) is 4.81. The summed E-state index contributed by atoms with van der Waals surface area (Å²) in [6.07, 6.45) is 2.01. The first-order valence-corrected chi connectivity index (χ1v) is 8.99. The van der Waals surface area contributed by atoms with Crippen LogP contribution in [0.1, 0.15) is 25.8 Å². The average molecular weight is 370 g/mol. The molecule has 1 aliphatic heterocycles. The molecule has 3 amide bonds. The minimum atomic E-state index is -0.294. The van der Waals surface area contributed by atoms with E-state index in [4.69, 9.17) is 0 Å². The fraction of sp³-hybridized carbons (Fsp3) is 0.350. The number of amides is 3. The van der Waals surface area contributed by atoms with Crippen LogP contribution in [-0.4, -0.2) is 34.9 Å². The molecule has 0 unspecified atom stereocenters. The van der Waals surface area contributed by atoms with E-state index in [1.54, 1.807) is 40.3 Å². The van der Waals surface area contributed by atoms with Gasteiger partial charge in [0.15, 0.2) is 0 Å². The molecular weight excluding hydrogens is 347 g/mol. The van der Waals surface area contributed by atoms with Crippen molar-refractivity contribution in [2.75, 3.05) is 23.3 Å². The van der Waals surface area contributed by atoms with Crippen LogP contribution >= 0.6 is 0 Å². The number of carbonyl (C=O) groups is 2. The Morgan fingerprint density at radius 1 is 1.19 bits per heavy atom. The Labute approximate surface area is 158 Å². The summed E-state index contributed by atoms with van der Waals surface area (Å²) in [4.78, 5) is 32.1. The van der Waals surface area contributed by atoms with Gasteiger partial charge in [-0.05, 0) is 35.7 Å². The molecule has 27 heavy (non-hydrogen) atoms. The van der Waals surface area contributed by atoms with E-state index in [1.807, 2.05) is 13.8 Å². The van der Waals surface area contributed by atoms with Gasteiger partial charge in [-0.2, -0.15) is 0 Å². The number of hydrogen-bond acceptors (Lipinski definition) is 3. The number of carbonyl (C=O) groups excluding carboxylic acids is 2. The van der Waals surface area contributed by atoms with Crippen LogP contribution in [0.5, 0.6) is 0 Å². The molecule has 3 rings (SSSR count). The highest BCUT2D eigenvalue weighted by molar-refractivity contribution is 5.94. The molecule has 7 heteroatoms. The van der Waals surface area contributed by atoms with Crippen molar-refractivity contribution in [3.63, 3.8) is 0 Å². The summed E-state index contributed by atoms with van der Waals surface area (Å²) in [5.74, 6) is 0.482. The molecule has 1 N–H and O–H groups in total.